The number of hydrogen-bond acceptors (Lipinski definition) is 4. The number of rotatable bonds is 6. The fourth-order valence-corrected chi connectivity index (χ4v) is 1.80. The Bertz CT molecular complexity index is 370. The molecule has 1 unspecified atom stereocenters. The molecule has 0 radical (unpaired) electrons. The van der Waals surface area contributed by atoms with Gasteiger partial charge >= 0.3 is 0 Å². The van der Waals surface area contributed by atoms with Crippen LogP contribution in [0.25, 0.3) is 0 Å². The van der Waals surface area contributed by atoms with Crippen LogP contribution in [0.1, 0.15) is 18.4 Å². The van der Waals surface area contributed by atoms with Gasteiger partial charge in [0.2, 0.25) is 0 Å². The van der Waals surface area contributed by atoms with Crippen molar-refractivity contribution >= 4 is 0 Å². The second-order valence-electron chi connectivity index (χ2n) is 4.18. The monoisotopic (exact) mass is 235 g/mol. The molecule has 17 heavy (non-hydrogen) atoms. The first-order chi connectivity index (χ1) is 8.24. The maximum atomic E-state index is 9.48. The van der Waals surface area contributed by atoms with Gasteiger partial charge in [0, 0.05) is 6.54 Å². The van der Waals surface area contributed by atoms with E-state index in [0.717, 1.165) is 11.5 Å². The molecule has 0 aromatic carbocycles. The lowest BCUT2D eigenvalue weighted by molar-refractivity contribution is 0.108. The average Bonchev–Trinajstić information content (AvgIpc) is 2.89. The summed E-state index contributed by atoms with van der Waals surface area (Å²) in [6.07, 6.45) is 2.94. The molecule has 2 heterocycles. The van der Waals surface area contributed by atoms with Crippen LogP contribution in [-0.2, 0) is 13.1 Å². The van der Waals surface area contributed by atoms with Gasteiger partial charge in [0.05, 0.1) is 31.7 Å². The summed E-state index contributed by atoms with van der Waals surface area (Å²) in [6.45, 7) is 3.69. The molecule has 0 fully saturated rings. The molecule has 1 atom stereocenters. The molecule has 0 saturated heterocycles. The maximum absolute atomic E-state index is 9.48. The van der Waals surface area contributed by atoms with E-state index < -0.39 is 0 Å². The lowest BCUT2D eigenvalue weighted by atomic mass is 10.3. The molecule has 0 amide bonds. The summed E-state index contributed by atoms with van der Waals surface area (Å²) in [7, 11) is 0. The third kappa shape index (κ3) is 3.76. The van der Waals surface area contributed by atoms with E-state index in [9.17, 15) is 5.11 Å². The van der Waals surface area contributed by atoms with Crippen molar-refractivity contribution in [2.45, 2.75) is 26.1 Å². The summed E-state index contributed by atoms with van der Waals surface area (Å²) in [5.41, 5.74) is 0. The second-order valence-corrected chi connectivity index (χ2v) is 4.18. The first-order valence-corrected chi connectivity index (χ1v) is 5.69. The molecule has 2 aromatic rings. The third-order valence-electron chi connectivity index (χ3n) is 2.44. The molecule has 2 aromatic heterocycles. The van der Waals surface area contributed by atoms with E-state index in [2.05, 4.69) is 4.90 Å². The number of furan rings is 2. The fraction of sp³-hybridized carbons (Fsp3) is 0.385. The second kappa shape index (κ2) is 5.70. The molecule has 0 saturated carbocycles. The smallest absolute Gasteiger partial charge is 0.117 e. The fourth-order valence-electron chi connectivity index (χ4n) is 1.80. The van der Waals surface area contributed by atoms with E-state index in [0.29, 0.717) is 19.6 Å². The summed E-state index contributed by atoms with van der Waals surface area (Å²) < 4.78 is 10.6. The molecule has 0 bridgehead atoms. The normalized spacial score (nSPS) is 13.1. The minimum absolute atomic E-state index is 0.375. The highest BCUT2D eigenvalue weighted by Crippen LogP contribution is 2.11. The summed E-state index contributed by atoms with van der Waals surface area (Å²) in [5, 5.41) is 9.48. The number of hydrogen-bond donors (Lipinski definition) is 1. The van der Waals surface area contributed by atoms with E-state index >= 15 is 0 Å². The first kappa shape index (κ1) is 12.0. The zero-order valence-electron chi connectivity index (χ0n) is 9.87. The maximum Gasteiger partial charge on any atom is 0.117 e. The van der Waals surface area contributed by atoms with Crippen LogP contribution in [0.3, 0.4) is 0 Å². The van der Waals surface area contributed by atoms with Crippen molar-refractivity contribution in [1.82, 2.24) is 4.90 Å². The van der Waals surface area contributed by atoms with Gasteiger partial charge in [0.25, 0.3) is 0 Å². The van der Waals surface area contributed by atoms with Crippen LogP contribution in [-0.4, -0.2) is 22.7 Å². The summed E-state index contributed by atoms with van der Waals surface area (Å²) in [6, 6.07) is 7.58. The van der Waals surface area contributed by atoms with Gasteiger partial charge in [-0.05, 0) is 31.2 Å². The molecular weight excluding hydrogens is 218 g/mol. The standard InChI is InChI=1S/C13H17NO3/c1-11(15)8-14(9-12-4-2-6-16-12)10-13-5-3-7-17-13/h2-7,11,15H,8-10H2,1H3. The van der Waals surface area contributed by atoms with Crippen LogP contribution in [0.5, 0.6) is 0 Å². The van der Waals surface area contributed by atoms with Crippen molar-refractivity contribution in [3.05, 3.63) is 48.3 Å². The third-order valence-corrected chi connectivity index (χ3v) is 2.44. The van der Waals surface area contributed by atoms with Crippen molar-refractivity contribution in [2.24, 2.45) is 0 Å². The predicted molar refractivity (Wildman–Crippen MR) is 63.2 cm³/mol. The van der Waals surface area contributed by atoms with E-state index in [1.165, 1.54) is 0 Å². The lowest BCUT2D eigenvalue weighted by Gasteiger charge is -2.21. The Hall–Kier alpha value is -1.52. The van der Waals surface area contributed by atoms with Gasteiger partial charge in [-0.15, -0.1) is 0 Å². The number of aliphatic hydroxyl groups excluding tert-OH is 1. The highest BCUT2D eigenvalue weighted by Gasteiger charge is 2.12. The molecule has 0 aliphatic carbocycles. The summed E-state index contributed by atoms with van der Waals surface area (Å²) in [5.74, 6) is 1.77. The Kier molecular flexibility index (Phi) is 4.01. The van der Waals surface area contributed by atoms with Gasteiger partial charge in [-0.25, -0.2) is 0 Å². The highest BCUT2D eigenvalue weighted by molar-refractivity contribution is 5.01. The van der Waals surface area contributed by atoms with Crippen molar-refractivity contribution < 1.29 is 13.9 Å². The van der Waals surface area contributed by atoms with Crippen molar-refractivity contribution in [1.29, 1.82) is 0 Å². The largest absolute Gasteiger partial charge is 0.468 e. The Morgan fingerprint density at radius 1 is 1.12 bits per heavy atom. The summed E-state index contributed by atoms with van der Waals surface area (Å²) in [4.78, 5) is 2.09. The van der Waals surface area contributed by atoms with Gasteiger partial charge in [-0.1, -0.05) is 0 Å². The van der Waals surface area contributed by atoms with Crippen LogP contribution in [0.2, 0.25) is 0 Å². The van der Waals surface area contributed by atoms with Crippen LogP contribution >= 0.6 is 0 Å². The molecule has 0 aliphatic heterocycles. The Labute approximate surface area is 100 Å². The molecule has 0 spiro atoms. The minimum atomic E-state index is -0.375. The van der Waals surface area contributed by atoms with Crippen molar-refractivity contribution in [3.63, 3.8) is 0 Å². The lowest BCUT2D eigenvalue weighted by Crippen LogP contribution is -2.29. The topological polar surface area (TPSA) is 49.8 Å². The SMILES string of the molecule is CC(O)CN(Cc1ccco1)Cc1ccco1. The molecule has 1 N–H and O–H groups in total. The van der Waals surface area contributed by atoms with Gasteiger partial charge in [0.1, 0.15) is 11.5 Å². The molecule has 4 heteroatoms. The molecular formula is C13H17NO3. The Balaban J connectivity index is 1.97. The zero-order chi connectivity index (χ0) is 12.1. The Morgan fingerprint density at radius 2 is 1.65 bits per heavy atom. The minimum Gasteiger partial charge on any atom is -0.468 e. The first-order valence-electron chi connectivity index (χ1n) is 5.69. The van der Waals surface area contributed by atoms with Crippen LogP contribution in [0.15, 0.2) is 45.6 Å². The van der Waals surface area contributed by atoms with Crippen molar-refractivity contribution in [2.75, 3.05) is 6.54 Å². The van der Waals surface area contributed by atoms with Gasteiger partial charge in [0.15, 0.2) is 0 Å². The molecule has 0 aliphatic rings. The van der Waals surface area contributed by atoms with Crippen LogP contribution in [0.4, 0.5) is 0 Å². The van der Waals surface area contributed by atoms with Crippen molar-refractivity contribution in [3.8, 4) is 0 Å². The molecule has 4 nitrogen and oxygen atoms in total. The molecule has 92 valence electrons. The van der Waals surface area contributed by atoms with Gasteiger partial charge in [-0.2, -0.15) is 0 Å². The van der Waals surface area contributed by atoms with E-state index in [1.54, 1.807) is 19.5 Å². The van der Waals surface area contributed by atoms with E-state index in [-0.39, 0.29) is 6.10 Å². The van der Waals surface area contributed by atoms with E-state index in [1.807, 2.05) is 24.3 Å². The van der Waals surface area contributed by atoms with E-state index in [4.69, 9.17) is 8.83 Å². The Morgan fingerprint density at radius 3 is 2.00 bits per heavy atom. The average molecular weight is 235 g/mol. The number of aliphatic hydroxyl groups is 1. The molecule has 2 rings (SSSR count). The van der Waals surface area contributed by atoms with Crippen LogP contribution < -0.4 is 0 Å². The van der Waals surface area contributed by atoms with Gasteiger partial charge < -0.3 is 13.9 Å². The highest BCUT2D eigenvalue weighted by atomic mass is 16.3. The predicted octanol–water partition coefficient (Wildman–Crippen LogP) is 2.26. The summed E-state index contributed by atoms with van der Waals surface area (Å²) >= 11 is 0. The van der Waals surface area contributed by atoms with Gasteiger partial charge in [-0.3, -0.25) is 4.90 Å². The zero-order valence-corrected chi connectivity index (χ0v) is 9.87. The van der Waals surface area contributed by atoms with Crippen LogP contribution in [0, 0.1) is 0 Å². The number of nitrogens with zero attached hydrogens (tertiary/aromatic N) is 1. The quantitative estimate of drug-likeness (QED) is 0.834.